The molecule has 2 nitrogen and oxygen atoms in total. The van der Waals surface area contributed by atoms with Crippen molar-refractivity contribution in [3.05, 3.63) is 68.2 Å². The Labute approximate surface area is 133 Å². The second-order valence-electron chi connectivity index (χ2n) is 4.68. The van der Waals surface area contributed by atoms with E-state index >= 15 is 0 Å². The monoisotopic (exact) mass is 391 g/mol. The molecule has 0 saturated heterocycles. The van der Waals surface area contributed by atoms with E-state index in [4.69, 9.17) is 0 Å². The zero-order valence-electron chi connectivity index (χ0n) is 10.7. The van der Waals surface area contributed by atoms with Crippen molar-refractivity contribution in [2.24, 2.45) is 0 Å². The fourth-order valence-electron chi connectivity index (χ4n) is 2.31. The van der Waals surface area contributed by atoms with E-state index in [1.165, 1.54) is 0 Å². The summed E-state index contributed by atoms with van der Waals surface area (Å²) in [6, 6.07) is 11.6. The summed E-state index contributed by atoms with van der Waals surface area (Å²) in [4.78, 5) is 15.9. The van der Waals surface area contributed by atoms with E-state index in [0.29, 0.717) is 5.56 Å². The highest BCUT2D eigenvalue weighted by atomic mass is 79.9. The molecule has 3 aromatic rings. The number of halogens is 2. The molecule has 3 rings (SSSR count). The fraction of sp³-hybridized carbons (Fsp3) is 0.0625. The Morgan fingerprint density at radius 1 is 1.00 bits per heavy atom. The van der Waals surface area contributed by atoms with Crippen LogP contribution in [0.2, 0.25) is 0 Å². The molecule has 4 heteroatoms. The molecule has 0 aliphatic heterocycles. The van der Waals surface area contributed by atoms with Crippen molar-refractivity contribution in [1.82, 2.24) is 4.98 Å². The number of H-pyrrole nitrogens is 1. The summed E-state index contributed by atoms with van der Waals surface area (Å²) in [5, 5.41) is 0.937. The molecule has 0 radical (unpaired) electrons. The predicted octanol–water partition coefficient (Wildman–Crippen LogP) is 5.23. The van der Waals surface area contributed by atoms with Crippen LogP contribution in [0.4, 0.5) is 0 Å². The number of carbonyl (C=O) groups is 1. The van der Waals surface area contributed by atoms with Crippen molar-refractivity contribution in [2.75, 3.05) is 0 Å². The summed E-state index contributed by atoms with van der Waals surface area (Å²) >= 11 is 6.87. The zero-order chi connectivity index (χ0) is 14.3. The number of aryl methyl sites for hydroxylation is 1. The van der Waals surface area contributed by atoms with Crippen molar-refractivity contribution in [2.45, 2.75) is 6.92 Å². The molecule has 0 aliphatic carbocycles. The Balaban J connectivity index is 2.15. The Morgan fingerprint density at radius 3 is 2.45 bits per heavy atom. The maximum absolute atomic E-state index is 12.7. The van der Waals surface area contributed by atoms with Gasteiger partial charge < -0.3 is 4.98 Å². The van der Waals surface area contributed by atoms with Gasteiger partial charge in [-0.1, -0.05) is 31.9 Å². The Morgan fingerprint density at radius 2 is 1.70 bits per heavy atom. The summed E-state index contributed by atoms with van der Waals surface area (Å²) in [5.74, 6) is 0.0411. The zero-order valence-corrected chi connectivity index (χ0v) is 13.9. The van der Waals surface area contributed by atoms with Crippen molar-refractivity contribution < 1.29 is 4.79 Å². The highest BCUT2D eigenvalue weighted by molar-refractivity contribution is 9.10. The van der Waals surface area contributed by atoms with E-state index < -0.39 is 0 Å². The number of ketones is 1. The molecule has 1 aromatic heterocycles. The lowest BCUT2D eigenvalue weighted by Crippen LogP contribution is -2.02. The van der Waals surface area contributed by atoms with Gasteiger partial charge in [0.15, 0.2) is 5.78 Å². The van der Waals surface area contributed by atoms with Crippen LogP contribution in [0, 0.1) is 6.92 Å². The molecule has 1 N–H and O–H groups in total. The lowest BCUT2D eigenvalue weighted by Gasteiger charge is -2.05. The van der Waals surface area contributed by atoms with Crippen LogP contribution in [0.3, 0.4) is 0 Å². The minimum absolute atomic E-state index is 0.0411. The molecule has 0 unspecified atom stereocenters. The third-order valence-electron chi connectivity index (χ3n) is 3.32. The van der Waals surface area contributed by atoms with Crippen LogP contribution in [0.25, 0.3) is 10.9 Å². The SMILES string of the molecule is Cc1cc(Br)ccc1C(=O)c1c[nH]c2ccc(Br)cc12. The quantitative estimate of drug-likeness (QED) is 0.595. The van der Waals surface area contributed by atoms with Crippen LogP contribution in [-0.2, 0) is 0 Å². The number of rotatable bonds is 2. The average molecular weight is 393 g/mol. The minimum atomic E-state index is 0.0411. The fourth-order valence-corrected chi connectivity index (χ4v) is 3.14. The number of aromatic amines is 1. The summed E-state index contributed by atoms with van der Waals surface area (Å²) in [5.41, 5.74) is 3.36. The topological polar surface area (TPSA) is 32.9 Å². The summed E-state index contributed by atoms with van der Waals surface area (Å²) < 4.78 is 1.94. The molecule has 0 bridgehead atoms. The Kier molecular flexibility index (Phi) is 3.52. The van der Waals surface area contributed by atoms with Crippen molar-refractivity contribution in [1.29, 1.82) is 0 Å². The Bertz CT molecular complexity index is 820. The van der Waals surface area contributed by atoms with E-state index in [0.717, 1.165) is 31.0 Å². The molecule has 20 heavy (non-hydrogen) atoms. The van der Waals surface area contributed by atoms with Crippen LogP contribution < -0.4 is 0 Å². The maximum atomic E-state index is 12.7. The smallest absolute Gasteiger partial charge is 0.195 e. The molecule has 0 amide bonds. The summed E-state index contributed by atoms with van der Waals surface area (Å²) in [7, 11) is 0. The average Bonchev–Trinajstić information content (AvgIpc) is 2.81. The van der Waals surface area contributed by atoms with Gasteiger partial charge in [-0.3, -0.25) is 4.79 Å². The third-order valence-corrected chi connectivity index (χ3v) is 4.31. The van der Waals surface area contributed by atoms with Crippen LogP contribution in [0.5, 0.6) is 0 Å². The second kappa shape index (κ2) is 5.19. The summed E-state index contributed by atoms with van der Waals surface area (Å²) in [6.45, 7) is 1.95. The van der Waals surface area contributed by atoms with Crippen molar-refractivity contribution >= 4 is 48.5 Å². The largest absolute Gasteiger partial charge is 0.360 e. The molecular weight excluding hydrogens is 382 g/mol. The van der Waals surface area contributed by atoms with Gasteiger partial charge in [0.25, 0.3) is 0 Å². The van der Waals surface area contributed by atoms with Crippen molar-refractivity contribution in [3.8, 4) is 0 Å². The Hall–Kier alpha value is -1.39. The number of benzene rings is 2. The number of carbonyl (C=O) groups excluding carboxylic acids is 1. The molecule has 0 atom stereocenters. The lowest BCUT2D eigenvalue weighted by molar-refractivity contribution is 0.104. The summed E-state index contributed by atoms with van der Waals surface area (Å²) in [6.07, 6.45) is 1.78. The van der Waals surface area contributed by atoms with Crippen LogP contribution in [0.15, 0.2) is 51.5 Å². The van der Waals surface area contributed by atoms with Gasteiger partial charge in [0, 0.05) is 37.2 Å². The maximum Gasteiger partial charge on any atom is 0.195 e. The van der Waals surface area contributed by atoms with E-state index in [9.17, 15) is 4.79 Å². The molecule has 0 saturated carbocycles. The minimum Gasteiger partial charge on any atom is -0.360 e. The molecule has 0 fully saturated rings. The number of hydrogen-bond acceptors (Lipinski definition) is 1. The van der Waals surface area contributed by atoms with Gasteiger partial charge in [-0.25, -0.2) is 0 Å². The first kappa shape index (κ1) is 13.6. The predicted molar refractivity (Wildman–Crippen MR) is 88.3 cm³/mol. The molecule has 2 aromatic carbocycles. The van der Waals surface area contributed by atoms with E-state index in [1.54, 1.807) is 6.20 Å². The number of hydrogen-bond donors (Lipinski definition) is 1. The number of aromatic nitrogens is 1. The van der Waals surface area contributed by atoms with Crippen molar-refractivity contribution in [3.63, 3.8) is 0 Å². The molecule has 0 spiro atoms. The third kappa shape index (κ3) is 2.34. The second-order valence-corrected chi connectivity index (χ2v) is 6.51. The van der Waals surface area contributed by atoms with E-state index in [-0.39, 0.29) is 5.78 Å². The van der Waals surface area contributed by atoms with Gasteiger partial charge in [-0.2, -0.15) is 0 Å². The highest BCUT2D eigenvalue weighted by Gasteiger charge is 2.16. The van der Waals surface area contributed by atoms with E-state index in [1.807, 2.05) is 43.3 Å². The molecule has 0 aliphatic rings. The van der Waals surface area contributed by atoms with Gasteiger partial charge in [0.2, 0.25) is 0 Å². The highest BCUT2D eigenvalue weighted by Crippen LogP contribution is 2.26. The lowest BCUT2D eigenvalue weighted by atomic mass is 9.99. The van der Waals surface area contributed by atoms with Crippen LogP contribution in [-0.4, -0.2) is 10.8 Å². The van der Waals surface area contributed by atoms with Gasteiger partial charge in [-0.15, -0.1) is 0 Å². The molecule has 100 valence electrons. The van der Waals surface area contributed by atoms with Gasteiger partial charge in [0.05, 0.1) is 0 Å². The standard InChI is InChI=1S/C16H11Br2NO/c1-9-6-10(17)2-4-12(9)16(20)14-8-19-15-5-3-11(18)7-13(14)15/h2-8,19H,1H3. The van der Waals surface area contributed by atoms with Gasteiger partial charge >= 0.3 is 0 Å². The first-order valence-corrected chi connectivity index (χ1v) is 7.72. The number of nitrogens with one attached hydrogen (secondary N) is 1. The first-order chi connectivity index (χ1) is 9.56. The van der Waals surface area contributed by atoms with Gasteiger partial charge in [0.1, 0.15) is 0 Å². The number of fused-ring (bicyclic) bond motifs is 1. The van der Waals surface area contributed by atoms with Crippen LogP contribution >= 0.6 is 31.9 Å². The van der Waals surface area contributed by atoms with Gasteiger partial charge in [-0.05, 0) is 48.9 Å². The first-order valence-electron chi connectivity index (χ1n) is 6.14. The van der Waals surface area contributed by atoms with E-state index in [2.05, 4.69) is 36.8 Å². The molecular formula is C16H11Br2NO. The normalized spacial score (nSPS) is 10.9. The van der Waals surface area contributed by atoms with Crippen LogP contribution in [0.1, 0.15) is 21.5 Å². The molecule has 1 heterocycles.